The molecule has 4 fully saturated rings. The van der Waals surface area contributed by atoms with Crippen LogP contribution in [-0.2, 0) is 0 Å². The van der Waals surface area contributed by atoms with Crippen LogP contribution in [0.5, 0.6) is 0 Å². The molecule has 22 heavy (non-hydrogen) atoms. The van der Waals surface area contributed by atoms with Crippen LogP contribution >= 0.6 is 0 Å². The zero-order chi connectivity index (χ0) is 15.5. The van der Waals surface area contributed by atoms with Gasteiger partial charge in [-0.3, -0.25) is 0 Å². The second-order valence-electron chi connectivity index (χ2n) is 10.5. The maximum Gasteiger partial charge on any atom is -0.0266 e. The minimum atomic E-state index is 0.707. The van der Waals surface area contributed by atoms with E-state index in [0.717, 1.165) is 40.9 Å². The lowest BCUT2D eigenvalue weighted by Gasteiger charge is -2.61. The van der Waals surface area contributed by atoms with Gasteiger partial charge in [-0.25, -0.2) is 0 Å². The third-order valence-corrected chi connectivity index (χ3v) is 9.43. The molecule has 4 saturated carbocycles. The summed E-state index contributed by atoms with van der Waals surface area (Å²) in [6, 6.07) is 0. The van der Waals surface area contributed by atoms with Gasteiger partial charge in [0.25, 0.3) is 0 Å². The Kier molecular flexibility index (Phi) is 3.70. The SMILES string of the molecule is CC(C)C1CC[C@@]2(C)C(CCC3C4CCC[C@@]4(C)CCC32)C1. The monoisotopic (exact) mass is 302 g/mol. The molecule has 4 aliphatic rings. The van der Waals surface area contributed by atoms with Crippen LogP contribution in [0.2, 0.25) is 0 Å². The van der Waals surface area contributed by atoms with Crippen LogP contribution in [0.1, 0.15) is 91.9 Å². The maximum absolute atomic E-state index is 2.72. The molecule has 4 aliphatic carbocycles. The van der Waals surface area contributed by atoms with Crippen molar-refractivity contribution in [2.75, 3.05) is 0 Å². The molecular weight excluding hydrogens is 264 g/mol. The van der Waals surface area contributed by atoms with Crippen LogP contribution in [0.25, 0.3) is 0 Å². The van der Waals surface area contributed by atoms with Crippen LogP contribution in [0, 0.1) is 46.3 Å². The lowest BCUT2D eigenvalue weighted by Crippen LogP contribution is -2.52. The summed E-state index contributed by atoms with van der Waals surface area (Å²) in [7, 11) is 0. The summed E-state index contributed by atoms with van der Waals surface area (Å²) in [5.41, 5.74) is 1.44. The summed E-state index contributed by atoms with van der Waals surface area (Å²) in [5.74, 6) is 6.25. The standard InChI is InChI=1S/C22H38/c1-15(2)16-9-13-22(4)17(14-16)7-8-18-19-6-5-11-21(19,3)12-10-20(18)22/h15-20H,5-14H2,1-4H3/t16?,17?,18?,19?,20?,21-,22-/m0/s1. The highest BCUT2D eigenvalue weighted by Gasteiger charge is 2.57. The predicted molar refractivity (Wildman–Crippen MR) is 94.7 cm³/mol. The summed E-state index contributed by atoms with van der Waals surface area (Å²) in [4.78, 5) is 0. The van der Waals surface area contributed by atoms with E-state index < -0.39 is 0 Å². The van der Waals surface area contributed by atoms with Crippen molar-refractivity contribution in [2.24, 2.45) is 46.3 Å². The smallest absolute Gasteiger partial charge is 0.0266 e. The summed E-state index contributed by atoms with van der Waals surface area (Å²) in [6.07, 6.45) is 15.5. The first-order valence-electron chi connectivity index (χ1n) is 10.4. The Balaban J connectivity index is 1.57. The van der Waals surface area contributed by atoms with Gasteiger partial charge in [0.15, 0.2) is 0 Å². The molecule has 0 aromatic rings. The van der Waals surface area contributed by atoms with E-state index in [0.29, 0.717) is 5.41 Å². The van der Waals surface area contributed by atoms with Gasteiger partial charge in [-0.15, -0.1) is 0 Å². The van der Waals surface area contributed by atoms with Crippen molar-refractivity contribution in [1.29, 1.82) is 0 Å². The molecule has 0 N–H and O–H groups in total. The van der Waals surface area contributed by atoms with E-state index in [-0.39, 0.29) is 0 Å². The predicted octanol–water partition coefficient (Wildman–Crippen LogP) is 6.69. The van der Waals surface area contributed by atoms with Crippen LogP contribution in [-0.4, -0.2) is 0 Å². The average Bonchev–Trinajstić information content (AvgIpc) is 2.88. The van der Waals surface area contributed by atoms with Gasteiger partial charge >= 0.3 is 0 Å². The lowest BCUT2D eigenvalue weighted by molar-refractivity contribution is -0.114. The number of hydrogen-bond acceptors (Lipinski definition) is 0. The lowest BCUT2D eigenvalue weighted by atomic mass is 9.44. The highest BCUT2D eigenvalue weighted by Crippen LogP contribution is 2.66. The quantitative estimate of drug-likeness (QED) is 0.506. The summed E-state index contributed by atoms with van der Waals surface area (Å²) in [5, 5.41) is 0. The van der Waals surface area contributed by atoms with Crippen molar-refractivity contribution in [3.05, 3.63) is 0 Å². The molecule has 0 saturated heterocycles. The van der Waals surface area contributed by atoms with Crippen molar-refractivity contribution in [3.63, 3.8) is 0 Å². The van der Waals surface area contributed by atoms with Crippen molar-refractivity contribution in [2.45, 2.75) is 91.9 Å². The molecule has 0 spiro atoms. The van der Waals surface area contributed by atoms with Gasteiger partial charge in [0.1, 0.15) is 0 Å². The Bertz CT molecular complexity index is 424. The van der Waals surface area contributed by atoms with E-state index in [9.17, 15) is 0 Å². The van der Waals surface area contributed by atoms with E-state index in [1.165, 1.54) is 19.3 Å². The number of rotatable bonds is 1. The largest absolute Gasteiger partial charge is 0.0625 e. The molecule has 0 aliphatic heterocycles. The van der Waals surface area contributed by atoms with Crippen molar-refractivity contribution < 1.29 is 0 Å². The molecule has 7 atom stereocenters. The normalized spacial score (nSPS) is 54.7. The van der Waals surface area contributed by atoms with E-state index >= 15 is 0 Å². The van der Waals surface area contributed by atoms with E-state index in [4.69, 9.17) is 0 Å². The van der Waals surface area contributed by atoms with Gasteiger partial charge in [-0.2, -0.15) is 0 Å². The molecule has 5 unspecified atom stereocenters. The first-order valence-corrected chi connectivity index (χ1v) is 10.4. The Morgan fingerprint density at radius 2 is 1.64 bits per heavy atom. The fraction of sp³-hybridized carbons (Fsp3) is 1.00. The Hall–Kier alpha value is 0. The molecule has 0 amide bonds. The van der Waals surface area contributed by atoms with Crippen LogP contribution in [0.3, 0.4) is 0 Å². The molecule has 0 heteroatoms. The van der Waals surface area contributed by atoms with Crippen LogP contribution in [0.4, 0.5) is 0 Å². The molecule has 0 bridgehead atoms. The Labute approximate surface area is 138 Å². The first kappa shape index (κ1) is 15.5. The minimum Gasteiger partial charge on any atom is -0.0625 e. The highest BCUT2D eigenvalue weighted by molar-refractivity contribution is 5.07. The average molecular weight is 303 g/mol. The fourth-order valence-electron chi connectivity index (χ4n) is 7.89. The number of hydrogen-bond donors (Lipinski definition) is 0. The molecule has 0 nitrogen and oxygen atoms in total. The van der Waals surface area contributed by atoms with Crippen LogP contribution < -0.4 is 0 Å². The zero-order valence-corrected chi connectivity index (χ0v) is 15.5. The molecule has 0 aromatic carbocycles. The summed E-state index contributed by atoms with van der Waals surface area (Å²) < 4.78 is 0. The van der Waals surface area contributed by atoms with E-state index in [1.54, 1.807) is 44.9 Å². The van der Waals surface area contributed by atoms with E-state index in [1.807, 2.05) is 0 Å². The molecule has 0 radical (unpaired) electrons. The second-order valence-corrected chi connectivity index (χ2v) is 10.5. The van der Waals surface area contributed by atoms with Gasteiger partial charge in [-0.05, 0) is 104 Å². The van der Waals surface area contributed by atoms with Crippen molar-refractivity contribution in [1.82, 2.24) is 0 Å². The molecule has 126 valence electrons. The highest BCUT2D eigenvalue weighted by atomic mass is 14.6. The van der Waals surface area contributed by atoms with Crippen LogP contribution in [0.15, 0.2) is 0 Å². The minimum absolute atomic E-state index is 0.707. The second kappa shape index (κ2) is 5.25. The fourth-order valence-corrected chi connectivity index (χ4v) is 7.89. The number of fused-ring (bicyclic) bond motifs is 5. The molecular formula is C22H38. The molecule has 0 heterocycles. The first-order chi connectivity index (χ1) is 10.4. The Morgan fingerprint density at radius 3 is 2.41 bits per heavy atom. The summed E-state index contributed by atoms with van der Waals surface area (Å²) in [6.45, 7) is 10.3. The Morgan fingerprint density at radius 1 is 0.818 bits per heavy atom. The van der Waals surface area contributed by atoms with Gasteiger partial charge in [0.05, 0.1) is 0 Å². The van der Waals surface area contributed by atoms with Gasteiger partial charge in [-0.1, -0.05) is 34.1 Å². The topological polar surface area (TPSA) is 0 Å². The third-order valence-electron chi connectivity index (χ3n) is 9.43. The third kappa shape index (κ3) is 2.15. The van der Waals surface area contributed by atoms with Crippen molar-refractivity contribution >= 4 is 0 Å². The molecule has 0 aromatic heterocycles. The van der Waals surface area contributed by atoms with E-state index in [2.05, 4.69) is 27.7 Å². The van der Waals surface area contributed by atoms with Gasteiger partial charge < -0.3 is 0 Å². The zero-order valence-electron chi connectivity index (χ0n) is 15.5. The summed E-state index contributed by atoms with van der Waals surface area (Å²) >= 11 is 0. The molecule has 4 rings (SSSR count). The van der Waals surface area contributed by atoms with Gasteiger partial charge in [0, 0.05) is 0 Å². The van der Waals surface area contributed by atoms with Crippen molar-refractivity contribution in [3.8, 4) is 0 Å². The maximum atomic E-state index is 2.72. The van der Waals surface area contributed by atoms with Gasteiger partial charge in [0.2, 0.25) is 0 Å².